The number of carbonyl (C=O) groups excluding carboxylic acids is 1. The van der Waals surface area contributed by atoms with Gasteiger partial charge in [-0.3, -0.25) is 4.79 Å². The van der Waals surface area contributed by atoms with E-state index in [-0.39, 0.29) is 6.61 Å². The molecule has 4 fully saturated rings. The first-order chi connectivity index (χ1) is 18.4. The van der Waals surface area contributed by atoms with Gasteiger partial charge in [0, 0.05) is 6.92 Å². The number of carbonyl (C=O) groups is 1. The maximum Gasteiger partial charge on any atom is 0.294 e. The number of epoxide rings is 1. The highest BCUT2D eigenvalue weighted by Gasteiger charge is 2.76. The topological polar surface area (TPSA) is 260 Å². The van der Waals surface area contributed by atoms with Crippen LogP contribution in [0, 0.1) is 0 Å². The summed E-state index contributed by atoms with van der Waals surface area (Å²) in [6, 6.07) is -1.41. The van der Waals surface area contributed by atoms with E-state index in [2.05, 4.69) is 9.68 Å². The molecule has 4 heterocycles. The molecule has 0 aromatic carbocycles. The van der Waals surface area contributed by atoms with E-state index in [1.807, 2.05) is 0 Å². The molecule has 10 N–H and O–H groups in total. The van der Waals surface area contributed by atoms with Gasteiger partial charge in [0.1, 0.15) is 62.0 Å². The molecule has 0 unspecified atom stereocenters. The maximum absolute atomic E-state index is 12.1. The van der Waals surface area contributed by atoms with Gasteiger partial charge in [-0.25, -0.2) is 0 Å². The van der Waals surface area contributed by atoms with Crippen LogP contribution in [0.5, 0.6) is 0 Å². The van der Waals surface area contributed by atoms with Gasteiger partial charge in [-0.2, -0.15) is 0 Å². The van der Waals surface area contributed by atoms with Crippen molar-refractivity contribution in [2.24, 2.45) is 0 Å². The number of ether oxygens (including phenoxy) is 5. The lowest BCUT2D eigenvalue weighted by Gasteiger charge is -2.49. The van der Waals surface area contributed by atoms with Crippen LogP contribution < -0.4 is 5.32 Å². The number of hydrogen-bond acceptors (Lipinski definition) is 15. The molecule has 0 radical (unpaired) electrons. The first-order valence-electron chi connectivity index (χ1n) is 12.5. The van der Waals surface area contributed by atoms with Gasteiger partial charge in [-0.15, -0.1) is 0 Å². The molecule has 4 saturated heterocycles. The van der Waals surface area contributed by atoms with E-state index in [4.69, 9.17) is 23.7 Å². The summed E-state index contributed by atoms with van der Waals surface area (Å²) < 4.78 is 30.3. The van der Waals surface area contributed by atoms with Crippen LogP contribution in [0.15, 0.2) is 0 Å². The van der Waals surface area contributed by atoms with Crippen molar-refractivity contribution in [3.05, 3.63) is 0 Å². The summed E-state index contributed by atoms with van der Waals surface area (Å²) >= 11 is 0. The zero-order valence-corrected chi connectivity index (χ0v) is 21.3. The lowest BCUT2D eigenvalue weighted by molar-refractivity contribution is -0.364. The molecule has 15 atom stereocenters. The Morgan fingerprint density at radius 3 is 1.87 bits per heavy atom. The van der Waals surface area contributed by atoms with Crippen LogP contribution in [-0.2, 0) is 32.8 Å². The number of aliphatic hydroxyl groups is 9. The smallest absolute Gasteiger partial charge is 0.294 e. The van der Waals surface area contributed by atoms with Crippen LogP contribution in [0.3, 0.4) is 0 Å². The van der Waals surface area contributed by atoms with Crippen LogP contribution in [0.4, 0.5) is 0 Å². The van der Waals surface area contributed by atoms with E-state index in [9.17, 15) is 50.8 Å². The lowest BCUT2D eigenvalue weighted by Crippen LogP contribution is -2.70. The molecular formula is C22H38NO16+. The first kappa shape index (κ1) is 30.8. The highest BCUT2D eigenvalue weighted by molar-refractivity contribution is 5.73. The second-order valence-corrected chi connectivity index (χ2v) is 10.2. The first-order valence-corrected chi connectivity index (χ1v) is 12.5. The monoisotopic (exact) mass is 572 g/mol. The molecule has 17 heteroatoms. The molecule has 4 aliphatic rings. The number of aliphatic hydroxyl groups excluding tert-OH is 9. The number of amides is 1. The summed E-state index contributed by atoms with van der Waals surface area (Å²) in [4.78, 5) is 12.1. The number of hydrogen-bond donors (Lipinski definition) is 10. The Morgan fingerprint density at radius 2 is 1.33 bits per heavy atom. The van der Waals surface area contributed by atoms with Crippen molar-refractivity contribution >= 4 is 5.91 Å². The van der Waals surface area contributed by atoms with Crippen molar-refractivity contribution in [3.63, 3.8) is 0 Å². The van der Waals surface area contributed by atoms with E-state index < -0.39 is 117 Å². The molecule has 0 saturated carbocycles. The molecular weight excluding hydrogens is 534 g/mol. The lowest BCUT2D eigenvalue weighted by atomic mass is 9.89. The second kappa shape index (κ2) is 12.0. The third-order valence-corrected chi connectivity index (χ3v) is 7.75. The maximum atomic E-state index is 12.1. The summed E-state index contributed by atoms with van der Waals surface area (Å²) in [5, 5.41) is 95.2. The minimum Gasteiger partial charge on any atom is -0.404 e. The molecule has 39 heavy (non-hydrogen) atoms. The zero-order valence-electron chi connectivity index (χ0n) is 21.3. The van der Waals surface area contributed by atoms with Crippen molar-refractivity contribution in [2.45, 2.75) is 98.5 Å². The fourth-order valence-corrected chi connectivity index (χ4v) is 5.45. The van der Waals surface area contributed by atoms with Crippen LogP contribution >= 0.6 is 0 Å². The van der Waals surface area contributed by atoms with Gasteiger partial charge in [0.2, 0.25) is 12.5 Å². The molecule has 0 aliphatic carbocycles. The van der Waals surface area contributed by atoms with Crippen molar-refractivity contribution < 1.29 is 78.8 Å². The SMILES string of the molecule is CC(=O)N[C@H]1[C@H](O[C@@H]2[C@@H](O)[C@H](O)O[C@H](CO)[C@@H]2O)O[C@H](CO)[C@@H](O)[C@@H]1O[C@@H]1O[C@H](CO)[C@H](O)[C@@]2(C[O+]2C)[C@H]1O. The van der Waals surface area contributed by atoms with Crippen molar-refractivity contribution in [1.29, 1.82) is 0 Å². The Kier molecular flexibility index (Phi) is 9.48. The second-order valence-electron chi connectivity index (χ2n) is 10.2. The summed E-state index contributed by atoms with van der Waals surface area (Å²) in [6.45, 7) is -0.841. The molecule has 17 nitrogen and oxygen atoms in total. The van der Waals surface area contributed by atoms with E-state index in [0.29, 0.717) is 0 Å². The molecule has 1 spiro atoms. The summed E-state index contributed by atoms with van der Waals surface area (Å²) in [5.74, 6) is -0.649. The van der Waals surface area contributed by atoms with Gasteiger partial charge in [0.05, 0.1) is 19.8 Å². The van der Waals surface area contributed by atoms with Gasteiger partial charge < -0.3 is 79.3 Å². The average Bonchev–Trinajstić information content (AvgIpc) is 3.58. The van der Waals surface area contributed by atoms with Crippen LogP contribution in [0.1, 0.15) is 6.92 Å². The quantitative estimate of drug-likeness (QED) is 0.0957. The van der Waals surface area contributed by atoms with Crippen molar-refractivity contribution in [1.82, 2.24) is 5.32 Å². The van der Waals surface area contributed by atoms with E-state index in [1.54, 1.807) is 7.11 Å². The van der Waals surface area contributed by atoms with Crippen molar-refractivity contribution in [2.75, 3.05) is 33.5 Å². The Morgan fingerprint density at radius 1 is 0.821 bits per heavy atom. The predicted molar refractivity (Wildman–Crippen MR) is 121 cm³/mol. The van der Waals surface area contributed by atoms with E-state index >= 15 is 0 Å². The fourth-order valence-electron chi connectivity index (χ4n) is 5.45. The molecule has 4 aliphatic heterocycles. The van der Waals surface area contributed by atoms with Gasteiger partial charge >= 0.3 is 0 Å². The Balaban J connectivity index is 1.62. The summed E-state index contributed by atoms with van der Waals surface area (Å²) in [6.07, 6.45) is -20.1. The minimum absolute atomic E-state index is 0.166. The van der Waals surface area contributed by atoms with Gasteiger partial charge in [0.25, 0.3) is 5.60 Å². The third kappa shape index (κ3) is 5.55. The minimum atomic E-state index is -1.86. The van der Waals surface area contributed by atoms with Gasteiger partial charge in [-0.05, 0) is 0 Å². The average molecular weight is 573 g/mol. The van der Waals surface area contributed by atoms with Crippen LogP contribution in [0.2, 0.25) is 0 Å². The highest BCUT2D eigenvalue weighted by atomic mass is 16.8. The highest BCUT2D eigenvalue weighted by Crippen LogP contribution is 2.48. The van der Waals surface area contributed by atoms with Crippen LogP contribution in [-0.4, -0.2) is 177 Å². The van der Waals surface area contributed by atoms with E-state index in [0.717, 1.165) is 6.92 Å². The zero-order chi connectivity index (χ0) is 28.8. The molecule has 1 amide bonds. The number of nitrogens with one attached hydrogen (secondary N) is 1. The van der Waals surface area contributed by atoms with Crippen molar-refractivity contribution in [3.8, 4) is 0 Å². The molecule has 0 bridgehead atoms. The molecule has 226 valence electrons. The molecule has 0 aromatic rings. The standard InChI is InChI=1S/C22H37NO16/c1-7(27)23-11-15(37-21-18(32)22(6-39(22)2)17(31)10(5-26)36-21)12(28)9(4-25)35-20(11)38-16-13(29)8(3-24)34-19(33)14(16)30/h8-21,24-26,28-33H,3-6H2,1-2H3/p+1/t8-,9-,10-,11-,12-,13+,14-,15-,16+,17+,18+,19-,20+,21+,22+/m1/s1. The summed E-state index contributed by atoms with van der Waals surface area (Å²) in [5.41, 5.74) is -1.28. The Labute approximate surface area is 222 Å². The molecule has 0 aromatic heterocycles. The summed E-state index contributed by atoms with van der Waals surface area (Å²) in [7, 11) is 1.55. The fraction of sp³-hybridized carbons (Fsp3) is 0.955. The number of rotatable bonds is 8. The Hall–Kier alpha value is -1.13. The normalized spacial score (nSPS) is 50.6. The van der Waals surface area contributed by atoms with Crippen LogP contribution in [0.25, 0.3) is 0 Å². The predicted octanol–water partition coefficient (Wildman–Crippen LogP) is -6.86. The van der Waals surface area contributed by atoms with E-state index in [1.165, 1.54) is 0 Å². The third-order valence-electron chi connectivity index (χ3n) is 7.75. The van der Waals surface area contributed by atoms with Gasteiger partial charge in [0.15, 0.2) is 31.1 Å². The largest absolute Gasteiger partial charge is 0.404 e. The Bertz CT molecular complexity index is 853. The molecule has 4 rings (SSSR count). The van der Waals surface area contributed by atoms with Gasteiger partial charge in [-0.1, -0.05) is 0 Å².